The molecular formula is C12H14Br2N2O3. The Bertz CT molecular complexity index is 480. The van der Waals surface area contributed by atoms with E-state index in [1.165, 1.54) is 6.20 Å². The first kappa shape index (κ1) is 16.1. The molecule has 5 nitrogen and oxygen atoms in total. The second-order valence-electron chi connectivity index (χ2n) is 3.99. The van der Waals surface area contributed by atoms with Crippen molar-refractivity contribution in [2.45, 2.75) is 32.2 Å². The molecule has 0 saturated heterocycles. The Morgan fingerprint density at radius 2 is 2.16 bits per heavy atom. The minimum Gasteiger partial charge on any atom is -0.480 e. The van der Waals surface area contributed by atoms with Gasteiger partial charge in [-0.15, -0.1) is 0 Å². The number of carbonyl (C=O) groups is 2. The molecule has 0 fully saturated rings. The van der Waals surface area contributed by atoms with E-state index in [9.17, 15) is 9.59 Å². The summed E-state index contributed by atoms with van der Waals surface area (Å²) in [4.78, 5) is 27.0. The SMILES string of the molecule is CCCC[C@H](NC(=O)c1ncc(Br)cc1Br)C(=O)O. The number of aromatic nitrogens is 1. The highest BCUT2D eigenvalue weighted by molar-refractivity contribution is 9.11. The number of amides is 1. The van der Waals surface area contributed by atoms with Gasteiger partial charge in [-0.2, -0.15) is 0 Å². The molecule has 0 aliphatic heterocycles. The second-order valence-corrected chi connectivity index (χ2v) is 5.76. The van der Waals surface area contributed by atoms with Gasteiger partial charge in [-0.05, 0) is 44.3 Å². The molecular weight excluding hydrogens is 380 g/mol. The zero-order valence-corrected chi connectivity index (χ0v) is 13.5. The van der Waals surface area contributed by atoms with E-state index in [2.05, 4.69) is 42.2 Å². The number of carboxylic acid groups (broad SMARTS) is 1. The van der Waals surface area contributed by atoms with Crippen LogP contribution in [0.3, 0.4) is 0 Å². The van der Waals surface area contributed by atoms with Crippen LogP contribution in [0.1, 0.15) is 36.7 Å². The first-order chi connectivity index (χ1) is 8.95. The summed E-state index contributed by atoms with van der Waals surface area (Å²) in [6.07, 6.45) is 3.51. The molecule has 2 N–H and O–H groups in total. The predicted molar refractivity (Wildman–Crippen MR) is 78.1 cm³/mol. The minimum atomic E-state index is -1.03. The number of halogens is 2. The third-order valence-corrected chi connectivity index (χ3v) is 3.51. The van der Waals surface area contributed by atoms with Crippen molar-refractivity contribution in [1.29, 1.82) is 0 Å². The zero-order chi connectivity index (χ0) is 14.4. The number of unbranched alkanes of at least 4 members (excludes halogenated alkanes) is 1. The average Bonchev–Trinajstić information content (AvgIpc) is 2.33. The molecule has 0 aliphatic carbocycles. The summed E-state index contributed by atoms with van der Waals surface area (Å²) < 4.78 is 1.25. The van der Waals surface area contributed by atoms with Gasteiger partial charge >= 0.3 is 5.97 Å². The molecule has 104 valence electrons. The lowest BCUT2D eigenvalue weighted by atomic mass is 10.1. The zero-order valence-electron chi connectivity index (χ0n) is 10.3. The van der Waals surface area contributed by atoms with Gasteiger partial charge in [-0.3, -0.25) is 4.79 Å². The third-order valence-electron chi connectivity index (χ3n) is 2.47. The molecule has 1 amide bonds. The van der Waals surface area contributed by atoms with E-state index in [1.807, 2.05) is 6.92 Å². The van der Waals surface area contributed by atoms with Gasteiger partial charge in [0.05, 0.1) is 4.47 Å². The number of hydrogen-bond acceptors (Lipinski definition) is 3. The summed E-state index contributed by atoms with van der Waals surface area (Å²) in [5.74, 6) is -1.53. The Morgan fingerprint density at radius 1 is 1.47 bits per heavy atom. The topological polar surface area (TPSA) is 79.3 Å². The van der Waals surface area contributed by atoms with Crippen molar-refractivity contribution in [3.8, 4) is 0 Å². The Morgan fingerprint density at radius 3 is 2.68 bits per heavy atom. The van der Waals surface area contributed by atoms with Gasteiger partial charge < -0.3 is 10.4 Å². The number of carboxylic acids is 1. The molecule has 0 aromatic carbocycles. The van der Waals surface area contributed by atoms with Gasteiger partial charge in [0.1, 0.15) is 11.7 Å². The number of hydrogen-bond donors (Lipinski definition) is 2. The fourth-order valence-corrected chi connectivity index (χ4v) is 2.64. The van der Waals surface area contributed by atoms with Crippen LogP contribution in [0.25, 0.3) is 0 Å². The van der Waals surface area contributed by atoms with Crippen molar-refractivity contribution in [2.75, 3.05) is 0 Å². The van der Waals surface area contributed by atoms with Gasteiger partial charge in [0, 0.05) is 10.7 Å². The first-order valence-corrected chi connectivity index (χ1v) is 7.39. The molecule has 7 heteroatoms. The summed E-state index contributed by atoms with van der Waals surface area (Å²) in [5, 5.41) is 11.5. The molecule has 0 unspecified atom stereocenters. The van der Waals surface area contributed by atoms with E-state index in [-0.39, 0.29) is 5.69 Å². The van der Waals surface area contributed by atoms with Crippen molar-refractivity contribution in [1.82, 2.24) is 10.3 Å². The largest absolute Gasteiger partial charge is 0.480 e. The van der Waals surface area contributed by atoms with Crippen molar-refractivity contribution < 1.29 is 14.7 Å². The van der Waals surface area contributed by atoms with Crippen LogP contribution in [0.4, 0.5) is 0 Å². The quantitative estimate of drug-likeness (QED) is 0.778. The number of nitrogens with zero attached hydrogens (tertiary/aromatic N) is 1. The molecule has 1 aromatic heterocycles. The monoisotopic (exact) mass is 392 g/mol. The van der Waals surface area contributed by atoms with E-state index in [1.54, 1.807) is 6.07 Å². The van der Waals surface area contributed by atoms with Gasteiger partial charge in [-0.25, -0.2) is 9.78 Å². The minimum absolute atomic E-state index is 0.172. The summed E-state index contributed by atoms with van der Waals surface area (Å²) in [7, 11) is 0. The molecule has 0 radical (unpaired) electrons. The Hall–Kier alpha value is -0.950. The lowest BCUT2D eigenvalue weighted by molar-refractivity contribution is -0.139. The maximum absolute atomic E-state index is 12.0. The normalized spacial score (nSPS) is 11.9. The standard InChI is InChI=1S/C12H14Br2N2O3/c1-2-3-4-9(12(18)19)16-11(17)10-8(14)5-7(13)6-15-10/h5-6,9H,2-4H2,1H3,(H,16,17)(H,18,19)/t9-/m0/s1. The van der Waals surface area contributed by atoms with Crippen LogP contribution >= 0.6 is 31.9 Å². The highest BCUT2D eigenvalue weighted by Gasteiger charge is 2.21. The maximum atomic E-state index is 12.0. The molecule has 19 heavy (non-hydrogen) atoms. The molecule has 1 aromatic rings. The Labute approximate surface area is 128 Å². The van der Waals surface area contributed by atoms with Crippen LogP contribution in [-0.4, -0.2) is 28.0 Å². The second kappa shape index (κ2) is 7.59. The van der Waals surface area contributed by atoms with Crippen LogP contribution in [0.5, 0.6) is 0 Å². The van der Waals surface area contributed by atoms with E-state index >= 15 is 0 Å². The van der Waals surface area contributed by atoms with E-state index < -0.39 is 17.9 Å². The Balaban J connectivity index is 2.78. The summed E-state index contributed by atoms with van der Waals surface area (Å²) in [6.45, 7) is 1.97. The van der Waals surface area contributed by atoms with Crippen molar-refractivity contribution in [3.63, 3.8) is 0 Å². The number of rotatable bonds is 6. The van der Waals surface area contributed by atoms with Crippen LogP contribution in [0, 0.1) is 0 Å². The molecule has 1 heterocycles. The lowest BCUT2D eigenvalue weighted by Crippen LogP contribution is -2.41. The fourth-order valence-electron chi connectivity index (χ4n) is 1.47. The van der Waals surface area contributed by atoms with Crippen molar-refractivity contribution in [3.05, 3.63) is 26.9 Å². The van der Waals surface area contributed by atoms with Crippen molar-refractivity contribution >= 4 is 43.7 Å². The van der Waals surface area contributed by atoms with Crippen LogP contribution < -0.4 is 5.32 Å². The van der Waals surface area contributed by atoms with Gasteiger partial charge in [-0.1, -0.05) is 19.8 Å². The lowest BCUT2D eigenvalue weighted by Gasteiger charge is -2.14. The Kier molecular flexibility index (Phi) is 6.44. The third kappa shape index (κ3) is 4.91. The fraction of sp³-hybridized carbons (Fsp3) is 0.417. The first-order valence-electron chi connectivity index (χ1n) is 5.80. The van der Waals surface area contributed by atoms with Crippen LogP contribution in [0.15, 0.2) is 21.2 Å². The predicted octanol–water partition coefficient (Wildman–Crippen LogP) is 2.98. The highest BCUT2D eigenvalue weighted by atomic mass is 79.9. The number of aliphatic carboxylic acids is 1. The molecule has 1 atom stereocenters. The van der Waals surface area contributed by atoms with Gasteiger partial charge in [0.15, 0.2) is 0 Å². The molecule has 0 saturated carbocycles. The van der Waals surface area contributed by atoms with Gasteiger partial charge in [0.25, 0.3) is 5.91 Å². The van der Waals surface area contributed by atoms with Gasteiger partial charge in [0.2, 0.25) is 0 Å². The maximum Gasteiger partial charge on any atom is 0.326 e. The summed E-state index contributed by atoms with van der Waals surface area (Å²) in [6, 6.07) is 0.800. The van der Waals surface area contributed by atoms with E-state index in [0.29, 0.717) is 10.9 Å². The number of pyridine rings is 1. The van der Waals surface area contributed by atoms with Crippen molar-refractivity contribution in [2.24, 2.45) is 0 Å². The molecule has 0 bridgehead atoms. The molecule has 1 rings (SSSR count). The van der Waals surface area contributed by atoms with Crippen LogP contribution in [-0.2, 0) is 4.79 Å². The smallest absolute Gasteiger partial charge is 0.326 e. The molecule has 0 spiro atoms. The number of carbonyl (C=O) groups excluding carboxylic acids is 1. The average molecular weight is 394 g/mol. The van der Waals surface area contributed by atoms with E-state index in [0.717, 1.165) is 17.3 Å². The van der Waals surface area contributed by atoms with Crippen LogP contribution in [0.2, 0.25) is 0 Å². The molecule has 0 aliphatic rings. The summed E-state index contributed by atoms with van der Waals surface area (Å²) in [5.41, 5.74) is 0.172. The summed E-state index contributed by atoms with van der Waals surface area (Å²) >= 11 is 6.46. The highest BCUT2D eigenvalue weighted by Crippen LogP contribution is 2.19. The number of nitrogens with one attached hydrogen (secondary N) is 1. The van der Waals surface area contributed by atoms with E-state index in [4.69, 9.17) is 5.11 Å².